The molecular formula is C30H34F4N10. The Balaban J connectivity index is 1.06. The van der Waals surface area contributed by atoms with Gasteiger partial charge in [0.05, 0.1) is 30.1 Å². The van der Waals surface area contributed by atoms with Crippen molar-refractivity contribution in [3.05, 3.63) is 59.8 Å². The van der Waals surface area contributed by atoms with Crippen molar-refractivity contribution >= 4 is 11.0 Å². The van der Waals surface area contributed by atoms with Crippen molar-refractivity contribution in [2.75, 3.05) is 46.8 Å². The summed E-state index contributed by atoms with van der Waals surface area (Å²) in [4.78, 5) is 21.6. The Morgan fingerprint density at radius 3 is 2.66 bits per heavy atom. The zero-order valence-electron chi connectivity index (χ0n) is 24.6. The molecule has 4 aromatic heterocycles. The Labute approximate surface area is 252 Å². The molecule has 14 heteroatoms. The van der Waals surface area contributed by atoms with E-state index < -0.39 is 23.2 Å². The maximum absolute atomic E-state index is 14.8. The van der Waals surface area contributed by atoms with Gasteiger partial charge in [-0.05, 0) is 64.1 Å². The quantitative estimate of drug-likeness (QED) is 0.283. The molecular weight excluding hydrogens is 576 g/mol. The lowest BCUT2D eigenvalue weighted by atomic mass is 9.83. The van der Waals surface area contributed by atoms with E-state index in [0.717, 1.165) is 48.2 Å². The number of fused-ring (bicyclic) bond motifs is 1. The summed E-state index contributed by atoms with van der Waals surface area (Å²) in [7, 11) is 3.47. The van der Waals surface area contributed by atoms with Gasteiger partial charge in [0.15, 0.2) is 11.5 Å². The van der Waals surface area contributed by atoms with E-state index >= 15 is 0 Å². The Morgan fingerprint density at radius 2 is 1.95 bits per heavy atom. The van der Waals surface area contributed by atoms with Crippen LogP contribution in [-0.4, -0.2) is 97.3 Å². The van der Waals surface area contributed by atoms with E-state index in [1.165, 1.54) is 12.4 Å². The first kappa shape index (κ1) is 30.1. The van der Waals surface area contributed by atoms with E-state index in [4.69, 9.17) is 0 Å². The van der Waals surface area contributed by atoms with Gasteiger partial charge < -0.3 is 14.8 Å². The molecule has 44 heavy (non-hydrogen) atoms. The summed E-state index contributed by atoms with van der Waals surface area (Å²) in [5.74, 6) is -1.27. The maximum atomic E-state index is 14.8. The SMILES string of the molecule is CN(C)Cc1cc(CCN2CCC(N3CC(CC#N)(n4cc(-c5ncnc6[nH]ccc56)cn4)C3)CC2)c(F)c(C(F)(F)F)n1. The van der Waals surface area contributed by atoms with Crippen molar-refractivity contribution < 1.29 is 17.6 Å². The zero-order valence-corrected chi connectivity index (χ0v) is 24.6. The number of nitrogens with one attached hydrogen (secondary N) is 1. The highest BCUT2D eigenvalue weighted by Crippen LogP contribution is 2.37. The van der Waals surface area contributed by atoms with Crippen molar-refractivity contribution in [2.45, 2.75) is 50.0 Å². The summed E-state index contributed by atoms with van der Waals surface area (Å²) in [6.07, 6.45) is 4.52. The first-order valence-electron chi connectivity index (χ1n) is 14.6. The molecule has 232 valence electrons. The van der Waals surface area contributed by atoms with Crippen LogP contribution in [0.2, 0.25) is 0 Å². The van der Waals surface area contributed by atoms with Crippen LogP contribution < -0.4 is 0 Å². The van der Waals surface area contributed by atoms with Crippen LogP contribution in [0.4, 0.5) is 17.6 Å². The predicted molar refractivity (Wildman–Crippen MR) is 155 cm³/mol. The number of nitriles is 1. The van der Waals surface area contributed by atoms with Crippen molar-refractivity contribution in [3.8, 4) is 17.3 Å². The molecule has 0 aromatic carbocycles. The number of H-pyrrole nitrogens is 1. The van der Waals surface area contributed by atoms with Gasteiger partial charge in [-0.1, -0.05) is 0 Å². The van der Waals surface area contributed by atoms with Crippen molar-refractivity contribution in [1.82, 2.24) is 44.4 Å². The van der Waals surface area contributed by atoms with Crippen molar-refractivity contribution in [2.24, 2.45) is 0 Å². The number of pyridine rings is 1. The third-order valence-electron chi connectivity index (χ3n) is 8.70. The smallest absolute Gasteiger partial charge is 0.346 e. The Kier molecular flexibility index (Phi) is 8.12. The molecule has 0 amide bonds. The third kappa shape index (κ3) is 5.91. The average Bonchev–Trinajstić information content (AvgIpc) is 3.65. The number of aromatic amines is 1. The van der Waals surface area contributed by atoms with Gasteiger partial charge in [0.1, 0.15) is 17.5 Å². The van der Waals surface area contributed by atoms with Crippen molar-refractivity contribution in [1.29, 1.82) is 5.26 Å². The summed E-state index contributed by atoms with van der Waals surface area (Å²) >= 11 is 0. The van der Waals surface area contributed by atoms with E-state index in [1.54, 1.807) is 25.2 Å². The monoisotopic (exact) mass is 610 g/mol. The third-order valence-corrected chi connectivity index (χ3v) is 8.70. The number of halogens is 4. The number of nitrogens with zero attached hydrogens (tertiary/aromatic N) is 9. The highest BCUT2D eigenvalue weighted by molar-refractivity contribution is 5.90. The minimum Gasteiger partial charge on any atom is -0.346 e. The summed E-state index contributed by atoms with van der Waals surface area (Å²) < 4.78 is 57.2. The second kappa shape index (κ2) is 11.9. The van der Waals surface area contributed by atoms with Gasteiger partial charge in [0.2, 0.25) is 0 Å². The lowest BCUT2D eigenvalue weighted by Gasteiger charge is -2.53. The Morgan fingerprint density at radius 1 is 1.18 bits per heavy atom. The van der Waals surface area contributed by atoms with E-state index in [2.05, 4.69) is 40.9 Å². The summed E-state index contributed by atoms with van der Waals surface area (Å²) in [5.41, 5.74) is 0.790. The summed E-state index contributed by atoms with van der Waals surface area (Å²) in [6, 6.07) is 6.06. The number of piperidine rings is 1. The lowest BCUT2D eigenvalue weighted by Crippen LogP contribution is -2.66. The molecule has 1 N–H and O–H groups in total. The molecule has 2 aliphatic heterocycles. The molecule has 2 saturated heterocycles. The minimum absolute atomic E-state index is 0.0492. The molecule has 0 bridgehead atoms. The molecule has 4 aromatic rings. The second-order valence-electron chi connectivity index (χ2n) is 12.1. The highest BCUT2D eigenvalue weighted by atomic mass is 19.4. The molecule has 2 fully saturated rings. The normalized spacial score (nSPS) is 18.1. The van der Waals surface area contributed by atoms with Gasteiger partial charge in [-0.25, -0.2) is 19.3 Å². The van der Waals surface area contributed by atoms with E-state index in [9.17, 15) is 22.8 Å². The molecule has 0 saturated carbocycles. The molecule has 2 aliphatic rings. The van der Waals surface area contributed by atoms with Crippen LogP contribution >= 0.6 is 0 Å². The molecule has 0 aliphatic carbocycles. The zero-order chi connectivity index (χ0) is 31.1. The topological polar surface area (TPSA) is 106 Å². The van der Waals surface area contributed by atoms with Crippen molar-refractivity contribution in [3.63, 3.8) is 0 Å². The summed E-state index contributed by atoms with van der Waals surface area (Å²) in [6.45, 7) is 3.60. The summed E-state index contributed by atoms with van der Waals surface area (Å²) in [5, 5.41) is 15.2. The number of likely N-dealkylation sites (tertiary alicyclic amines) is 2. The second-order valence-corrected chi connectivity index (χ2v) is 12.1. The fourth-order valence-electron chi connectivity index (χ4n) is 6.46. The first-order chi connectivity index (χ1) is 21.1. The molecule has 0 unspecified atom stereocenters. The van der Waals surface area contributed by atoms with Gasteiger partial charge in [-0.15, -0.1) is 0 Å². The lowest BCUT2D eigenvalue weighted by molar-refractivity contribution is -0.144. The fourth-order valence-corrected chi connectivity index (χ4v) is 6.46. The Bertz CT molecular complexity index is 1660. The predicted octanol–water partition coefficient (Wildman–Crippen LogP) is 4.07. The molecule has 0 spiro atoms. The van der Waals surface area contributed by atoms with Gasteiger partial charge >= 0.3 is 6.18 Å². The number of hydrogen-bond acceptors (Lipinski definition) is 8. The van der Waals surface area contributed by atoms with Crippen LogP contribution in [-0.2, 0) is 24.7 Å². The fraction of sp³-hybridized carbons (Fsp3) is 0.500. The number of rotatable bonds is 9. The van der Waals surface area contributed by atoms with Gasteiger partial charge in [-0.3, -0.25) is 9.58 Å². The van der Waals surface area contributed by atoms with E-state index in [-0.39, 0.29) is 24.2 Å². The van der Waals surface area contributed by atoms with E-state index in [0.29, 0.717) is 32.1 Å². The van der Waals surface area contributed by atoms with Crippen LogP contribution in [0.1, 0.15) is 36.2 Å². The largest absolute Gasteiger partial charge is 0.436 e. The van der Waals surface area contributed by atoms with Crippen LogP contribution in [0.5, 0.6) is 0 Å². The number of aromatic nitrogens is 6. The molecule has 0 atom stereocenters. The minimum atomic E-state index is -4.85. The van der Waals surface area contributed by atoms with Crippen LogP contribution in [0.3, 0.4) is 0 Å². The van der Waals surface area contributed by atoms with E-state index in [1.807, 2.05) is 23.1 Å². The molecule has 10 nitrogen and oxygen atoms in total. The molecule has 0 radical (unpaired) electrons. The molecule has 6 rings (SSSR count). The van der Waals surface area contributed by atoms with Crippen LogP contribution in [0.15, 0.2) is 37.1 Å². The standard InChI is InChI=1S/C30H34F4N10/c1-41(2)16-22-13-20(25(31)27(40-22)30(32,33)34)4-10-42-11-5-23(6-12-42)43-17-29(18-43,7-8-35)44-15-21(14-39-44)26-24-3-9-36-28(24)38-19-37-26/h3,9,13-15,19,23H,4-7,10-12,16-18H2,1-2H3,(H,36,37,38). The van der Waals surface area contributed by atoms with Gasteiger partial charge in [-0.2, -0.15) is 23.5 Å². The highest BCUT2D eigenvalue weighted by Gasteiger charge is 2.48. The van der Waals surface area contributed by atoms with Crippen LogP contribution in [0.25, 0.3) is 22.3 Å². The van der Waals surface area contributed by atoms with Gasteiger partial charge in [0, 0.05) is 55.6 Å². The maximum Gasteiger partial charge on any atom is 0.436 e. The number of hydrogen-bond donors (Lipinski definition) is 1. The molecule has 6 heterocycles. The van der Waals surface area contributed by atoms with Crippen LogP contribution in [0, 0.1) is 17.1 Å². The number of alkyl halides is 3. The van der Waals surface area contributed by atoms with Gasteiger partial charge in [0.25, 0.3) is 0 Å². The first-order valence-corrected chi connectivity index (χ1v) is 14.6. The average molecular weight is 611 g/mol. The Hall–Kier alpha value is -3.93.